The Kier molecular flexibility index (Phi) is 4.12. The van der Waals surface area contributed by atoms with Gasteiger partial charge in [0.2, 0.25) is 5.76 Å². The number of aromatic carboxylic acids is 1. The van der Waals surface area contributed by atoms with Crippen LogP contribution in [0.5, 0.6) is 0 Å². The van der Waals surface area contributed by atoms with E-state index in [1.807, 2.05) is 7.05 Å². The van der Waals surface area contributed by atoms with Crippen molar-refractivity contribution >= 4 is 5.97 Å². The maximum atomic E-state index is 10.6. The van der Waals surface area contributed by atoms with Gasteiger partial charge >= 0.3 is 5.97 Å². The molecule has 0 saturated carbocycles. The summed E-state index contributed by atoms with van der Waals surface area (Å²) in [5.41, 5.74) is 0. The Morgan fingerprint density at radius 1 is 1.44 bits per heavy atom. The molecule has 1 heterocycles. The standard InChI is InChI=1S/C12H19NO3/c1-8(2)9(3)13(4)7-10-5-6-11(16-10)12(14)15/h5-6,8-9H,7H2,1-4H3,(H,14,15). The normalized spacial score (nSPS) is 13.4. The molecule has 16 heavy (non-hydrogen) atoms. The molecule has 0 amide bonds. The first-order chi connectivity index (χ1) is 7.41. The Balaban J connectivity index is 2.62. The van der Waals surface area contributed by atoms with Crippen molar-refractivity contribution in [3.05, 3.63) is 23.7 Å². The smallest absolute Gasteiger partial charge is 0.371 e. The Hall–Kier alpha value is -1.29. The summed E-state index contributed by atoms with van der Waals surface area (Å²) in [6, 6.07) is 3.64. The van der Waals surface area contributed by atoms with Crippen LogP contribution in [0.2, 0.25) is 0 Å². The van der Waals surface area contributed by atoms with Gasteiger partial charge in [0.1, 0.15) is 5.76 Å². The molecule has 1 unspecified atom stereocenters. The van der Waals surface area contributed by atoms with Crippen molar-refractivity contribution in [1.82, 2.24) is 4.90 Å². The summed E-state index contributed by atoms with van der Waals surface area (Å²) in [6.45, 7) is 7.09. The topological polar surface area (TPSA) is 53.7 Å². The summed E-state index contributed by atoms with van der Waals surface area (Å²) in [5, 5.41) is 8.72. The fourth-order valence-electron chi connectivity index (χ4n) is 1.48. The third kappa shape index (κ3) is 3.10. The number of nitrogens with zero attached hydrogens (tertiary/aromatic N) is 1. The van der Waals surface area contributed by atoms with E-state index in [4.69, 9.17) is 9.52 Å². The van der Waals surface area contributed by atoms with Gasteiger partial charge in [0, 0.05) is 6.04 Å². The SMILES string of the molecule is CC(C)C(C)N(C)Cc1ccc(C(=O)O)o1. The minimum Gasteiger partial charge on any atom is -0.475 e. The molecule has 1 atom stereocenters. The lowest BCUT2D eigenvalue weighted by molar-refractivity contribution is 0.0657. The van der Waals surface area contributed by atoms with Crippen LogP contribution < -0.4 is 0 Å². The maximum absolute atomic E-state index is 10.6. The lowest BCUT2D eigenvalue weighted by atomic mass is 10.1. The zero-order chi connectivity index (χ0) is 12.3. The summed E-state index contributed by atoms with van der Waals surface area (Å²) in [5.74, 6) is 0.220. The van der Waals surface area contributed by atoms with Crippen molar-refractivity contribution < 1.29 is 14.3 Å². The highest BCUT2D eigenvalue weighted by Gasteiger charge is 2.16. The molecule has 90 valence electrons. The number of carboxylic acids is 1. The molecule has 1 aromatic heterocycles. The van der Waals surface area contributed by atoms with E-state index >= 15 is 0 Å². The van der Waals surface area contributed by atoms with E-state index in [0.29, 0.717) is 24.3 Å². The Labute approximate surface area is 95.9 Å². The molecule has 1 aromatic rings. The Morgan fingerprint density at radius 2 is 2.06 bits per heavy atom. The van der Waals surface area contributed by atoms with Gasteiger partial charge in [-0.2, -0.15) is 0 Å². The van der Waals surface area contributed by atoms with Crippen molar-refractivity contribution in [1.29, 1.82) is 0 Å². The van der Waals surface area contributed by atoms with E-state index in [-0.39, 0.29) is 5.76 Å². The number of hydrogen-bond donors (Lipinski definition) is 1. The predicted molar refractivity (Wildman–Crippen MR) is 61.4 cm³/mol. The fraction of sp³-hybridized carbons (Fsp3) is 0.583. The zero-order valence-electron chi connectivity index (χ0n) is 10.2. The quantitative estimate of drug-likeness (QED) is 0.836. The third-order valence-corrected chi connectivity index (χ3v) is 2.94. The summed E-state index contributed by atoms with van der Waals surface area (Å²) in [4.78, 5) is 12.8. The lowest BCUT2D eigenvalue weighted by Crippen LogP contribution is -2.32. The van der Waals surface area contributed by atoms with Crippen LogP contribution in [-0.2, 0) is 6.54 Å². The van der Waals surface area contributed by atoms with E-state index in [1.165, 1.54) is 6.07 Å². The van der Waals surface area contributed by atoms with Crippen molar-refractivity contribution in [2.24, 2.45) is 5.92 Å². The van der Waals surface area contributed by atoms with Gasteiger partial charge in [-0.25, -0.2) is 4.79 Å². The first-order valence-electron chi connectivity index (χ1n) is 5.44. The van der Waals surface area contributed by atoms with Gasteiger partial charge in [0.05, 0.1) is 6.54 Å². The average molecular weight is 225 g/mol. The molecule has 0 aliphatic carbocycles. The van der Waals surface area contributed by atoms with Crippen molar-refractivity contribution in [3.63, 3.8) is 0 Å². The fourth-order valence-corrected chi connectivity index (χ4v) is 1.48. The number of carboxylic acid groups (broad SMARTS) is 1. The number of carbonyl (C=O) groups is 1. The first-order valence-corrected chi connectivity index (χ1v) is 5.44. The van der Waals surface area contributed by atoms with Gasteiger partial charge in [-0.1, -0.05) is 13.8 Å². The van der Waals surface area contributed by atoms with Gasteiger partial charge in [0.25, 0.3) is 0 Å². The van der Waals surface area contributed by atoms with Crippen LogP contribution >= 0.6 is 0 Å². The van der Waals surface area contributed by atoms with Crippen LogP contribution in [0.15, 0.2) is 16.5 Å². The van der Waals surface area contributed by atoms with Crippen LogP contribution in [0, 0.1) is 5.92 Å². The number of hydrogen-bond acceptors (Lipinski definition) is 3. The molecule has 0 aliphatic rings. The Morgan fingerprint density at radius 3 is 2.50 bits per heavy atom. The van der Waals surface area contributed by atoms with Crippen molar-refractivity contribution in [3.8, 4) is 0 Å². The van der Waals surface area contributed by atoms with E-state index in [0.717, 1.165) is 0 Å². The summed E-state index contributed by atoms with van der Waals surface area (Å²) < 4.78 is 5.20. The highest BCUT2D eigenvalue weighted by molar-refractivity contribution is 5.84. The van der Waals surface area contributed by atoms with E-state index in [2.05, 4.69) is 25.7 Å². The zero-order valence-corrected chi connectivity index (χ0v) is 10.2. The van der Waals surface area contributed by atoms with Gasteiger partial charge in [-0.15, -0.1) is 0 Å². The first kappa shape index (κ1) is 12.8. The second-order valence-electron chi connectivity index (χ2n) is 4.47. The molecule has 0 aliphatic heterocycles. The van der Waals surface area contributed by atoms with Crippen molar-refractivity contribution in [2.45, 2.75) is 33.4 Å². The predicted octanol–water partition coefficient (Wildman–Crippen LogP) is 2.45. The van der Waals surface area contributed by atoms with E-state index in [9.17, 15) is 4.79 Å². The molecule has 0 aromatic carbocycles. The number of rotatable bonds is 5. The average Bonchev–Trinajstić information content (AvgIpc) is 2.64. The van der Waals surface area contributed by atoms with E-state index in [1.54, 1.807) is 6.07 Å². The van der Waals surface area contributed by atoms with Crippen LogP contribution in [0.4, 0.5) is 0 Å². The molecule has 4 heteroatoms. The van der Waals surface area contributed by atoms with Crippen LogP contribution in [0.25, 0.3) is 0 Å². The molecule has 0 spiro atoms. The second kappa shape index (κ2) is 5.16. The highest BCUT2D eigenvalue weighted by Crippen LogP contribution is 2.14. The summed E-state index contributed by atoms with van der Waals surface area (Å²) >= 11 is 0. The summed E-state index contributed by atoms with van der Waals surface area (Å²) in [7, 11) is 2.01. The molecule has 0 saturated heterocycles. The largest absolute Gasteiger partial charge is 0.475 e. The van der Waals surface area contributed by atoms with Gasteiger partial charge < -0.3 is 9.52 Å². The van der Waals surface area contributed by atoms with Gasteiger partial charge in [0.15, 0.2) is 0 Å². The minimum atomic E-state index is -1.02. The maximum Gasteiger partial charge on any atom is 0.371 e. The molecule has 0 fully saturated rings. The molecule has 1 N–H and O–H groups in total. The van der Waals surface area contributed by atoms with Crippen LogP contribution in [0.3, 0.4) is 0 Å². The van der Waals surface area contributed by atoms with Crippen molar-refractivity contribution in [2.75, 3.05) is 7.05 Å². The van der Waals surface area contributed by atoms with Crippen LogP contribution in [-0.4, -0.2) is 29.1 Å². The number of furan rings is 1. The third-order valence-electron chi connectivity index (χ3n) is 2.94. The minimum absolute atomic E-state index is 0.000556. The molecular weight excluding hydrogens is 206 g/mol. The van der Waals surface area contributed by atoms with Crippen LogP contribution in [0.1, 0.15) is 37.1 Å². The summed E-state index contributed by atoms with van der Waals surface area (Å²) in [6.07, 6.45) is 0. The van der Waals surface area contributed by atoms with E-state index < -0.39 is 5.97 Å². The molecule has 1 rings (SSSR count). The highest BCUT2D eigenvalue weighted by atomic mass is 16.4. The lowest BCUT2D eigenvalue weighted by Gasteiger charge is -2.26. The molecule has 4 nitrogen and oxygen atoms in total. The Bertz CT molecular complexity index is 357. The molecular formula is C12H19NO3. The second-order valence-corrected chi connectivity index (χ2v) is 4.47. The molecule has 0 radical (unpaired) electrons. The van der Waals surface area contributed by atoms with Gasteiger partial charge in [-0.05, 0) is 32.0 Å². The van der Waals surface area contributed by atoms with Gasteiger partial charge in [-0.3, -0.25) is 4.90 Å². The monoisotopic (exact) mass is 225 g/mol. The molecule has 0 bridgehead atoms.